The van der Waals surface area contributed by atoms with E-state index in [0.717, 1.165) is 12.1 Å². The van der Waals surface area contributed by atoms with Gasteiger partial charge in [0, 0.05) is 42.8 Å². The summed E-state index contributed by atoms with van der Waals surface area (Å²) in [5.74, 6) is -2.93. The number of rotatable bonds is 3. The Hall–Kier alpha value is -2.68. The zero-order valence-electron chi connectivity index (χ0n) is 15.0. The molecule has 0 unspecified atom stereocenters. The second-order valence-corrected chi connectivity index (χ2v) is 8.54. The maximum atomic E-state index is 13.4. The standard InChI is InChI=1S/C18H19F2N3O3S/c1-11(2)23-7-6-13-16(27(25,26)10-23)9-22(3)17(13)18(24)21-12-4-5-14(19)15(20)8-12/h4-9,11H,10H2,1-3H3,(H,21,24). The maximum Gasteiger partial charge on any atom is 0.272 e. The van der Waals surface area contributed by atoms with E-state index in [1.54, 1.807) is 24.2 Å². The Morgan fingerprint density at radius 1 is 1.22 bits per heavy atom. The molecule has 2 heterocycles. The van der Waals surface area contributed by atoms with E-state index in [0.29, 0.717) is 0 Å². The van der Waals surface area contributed by atoms with Crippen molar-refractivity contribution in [3.05, 3.63) is 53.5 Å². The molecule has 0 bridgehead atoms. The molecule has 1 amide bonds. The summed E-state index contributed by atoms with van der Waals surface area (Å²) in [4.78, 5) is 14.4. The molecule has 1 N–H and O–H groups in total. The van der Waals surface area contributed by atoms with Crippen LogP contribution in [0.2, 0.25) is 0 Å². The maximum absolute atomic E-state index is 13.4. The summed E-state index contributed by atoms with van der Waals surface area (Å²) in [6, 6.07) is 2.96. The Kier molecular flexibility index (Phi) is 4.81. The lowest BCUT2D eigenvalue weighted by Gasteiger charge is -2.22. The highest BCUT2D eigenvalue weighted by Crippen LogP contribution is 2.29. The average Bonchev–Trinajstić information content (AvgIpc) is 2.85. The van der Waals surface area contributed by atoms with Crippen molar-refractivity contribution in [2.24, 2.45) is 7.05 Å². The fourth-order valence-corrected chi connectivity index (χ4v) is 4.61. The smallest absolute Gasteiger partial charge is 0.272 e. The zero-order chi connectivity index (χ0) is 19.9. The van der Waals surface area contributed by atoms with Gasteiger partial charge in [0.1, 0.15) is 11.6 Å². The number of nitrogens with zero attached hydrogens (tertiary/aromatic N) is 2. The number of aryl methyl sites for hydroxylation is 1. The molecule has 0 aliphatic carbocycles. The topological polar surface area (TPSA) is 71.4 Å². The van der Waals surface area contributed by atoms with E-state index < -0.39 is 27.4 Å². The fraction of sp³-hybridized carbons (Fsp3) is 0.278. The number of fused-ring (bicyclic) bond motifs is 1. The van der Waals surface area contributed by atoms with Gasteiger partial charge in [-0.2, -0.15) is 0 Å². The number of benzene rings is 1. The normalized spacial score (nSPS) is 15.6. The molecule has 144 valence electrons. The number of carbonyl (C=O) groups is 1. The molecule has 0 saturated heterocycles. The van der Waals surface area contributed by atoms with Crippen molar-refractivity contribution < 1.29 is 22.0 Å². The lowest BCUT2D eigenvalue weighted by molar-refractivity contribution is 0.101. The molecule has 0 saturated carbocycles. The van der Waals surface area contributed by atoms with E-state index in [4.69, 9.17) is 0 Å². The summed E-state index contributed by atoms with van der Waals surface area (Å²) in [7, 11) is -2.09. The number of carbonyl (C=O) groups excluding carboxylic acids is 1. The summed E-state index contributed by atoms with van der Waals surface area (Å²) in [5.41, 5.74) is 0.444. The van der Waals surface area contributed by atoms with Gasteiger partial charge in [-0.05, 0) is 32.1 Å². The van der Waals surface area contributed by atoms with Gasteiger partial charge in [-0.1, -0.05) is 0 Å². The third-order valence-electron chi connectivity index (χ3n) is 4.33. The highest BCUT2D eigenvalue weighted by atomic mass is 32.2. The molecule has 1 aromatic carbocycles. The van der Waals surface area contributed by atoms with Crippen LogP contribution in [0.15, 0.2) is 35.5 Å². The van der Waals surface area contributed by atoms with Gasteiger partial charge in [0.25, 0.3) is 5.91 Å². The van der Waals surface area contributed by atoms with Gasteiger partial charge < -0.3 is 14.8 Å². The number of amides is 1. The van der Waals surface area contributed by atoms with Crippen molar-refractivity contribution >= 4 is 27.5 Å². The van der Waals surface area contributed by atoms with Crippen LogP contribution in [0.25, 0.3) is 6.08 Å². The molecule has 0 spiro atoms. The molecule has 0 radical (unpaired) electrons. The summed E-state index contributed by atoms with van der Waals surface area (Å²) < 4.78 is 53.3. The molecule has 27 heavy (non-hydrogen) atoms. The first kappa shape index (κ1) is 19.1. The van der Waals surface area contributed by atoms with Crippen LogP contribution in [-0.2, 0) is 16.9 Å². The zero-order valence-corrected chi connectivity index (χ0v) is 15.8. The SMILES string of the molecule is CC(C)N1C=Cc2c(cn(C)c2C(=O)Nc2ccc(F)c(F)c2)S(=O)(=O)C1. The molecule has 0 atom stereocenters. The highest BCUT2D eigenvalue weighted by molar-refractivity contribution is 7.91. The van der Waals surface area contributed by atoms with Crippen LogP contribution in [0.1, 0.15) is 29.9 Å². The first-order valence-electron chi connectivity index (χ1n) is 8.22. The fourth-order valence-electron chi connectivity index (χ4n) is 2.87. The third-order valence-corrected chi connectivity index (χ3v) is 5.96. The molecule has 3 rings (SSSR count). The van der Waals surface area contributed by atoms with Crippen LogP contribution >= 0.6 is 0 Å². The predicted molar refractivity (Wildman–Crippen MR) is 97.8 cm³/mol. The minimum absolute atomic E-state index is 0.0340. The van der Waals surface area contributed by atoms with Crippen LogP contribution in [0.4, 0.5) is 14.5 Å². The van der Waals surface area contributed by atoms with Crippen molar-refractivity contribution in [2.45, 2.75) is 24.8 Å². The first-order chi connectivity index (χ1) is 12.6. The highest BCUT2D eigenvalue weighted by Gasteiger charge is 2.30. The van der Waals surface area contributed by atoms with E-state index >= 15 is 0 Å². The van der Waals surface area contributed by atoms with Crippen LogP contribution in [0.3, 0.4) is 0 Å². The van der Waals surface area contributed by atoms with Crippen molar-refractivity contribution in [3.63, 3.8) is 0 Å². The minimum Gasteiger partial charge on any atom is -0.361 e. The number of sulfone groups is 1. The second-order valence-electron chi connectivity index (χ2n) is 6.62. The van der Waals surface area contributed by atoms with Gasteiger partial charge in [-0.15, -0.1) is 0 Å². The Morgan fingerprint density at radius 2 is 1.93 bits per heavy atom. The Balaban J connectivity index is 2.03. The molecule has 9 heteroatoms. The Labute approximate surface area is 156 Å². The minimum atomic E-state index is -3.64. The van der Waals surface area contributed by atoms with Crippen molar-refractivity contribution in [2.75, 3.05) is 11.2 Å². The monoisotopic (exact) mass is 395 g/mol. The second kappa shape index (κ2) is 6.80. The van der Waals surface area contributed by atoms with Gasteiger partial charge in [0.15, 0.2) is 21.5 Å². The molecule has 2 aromatic rings. The summed E-state index contributed by atoms with van der Waals surface area (Å²) >= 11 is 0. The van der Waals surface area contributed by atoms with Gasteiger partial charge in [-0.25, -0.2) is 17.2 Å². The van der Waals surface area contributed by atoms with Gasteiger partial charge in [0.05, 0.1) is 4.90 Å². The van der Waals surface area contributed by atoms with Gasteiger partial charge >= 0.3 is 0 Å². The quantitative estimate of drug-likeness (QED) is 0.867. The largest absolute Gasteiger partial charge is 0.361 e. The van der Waals surface area contributed by atoms with E-state index in [9.17, 15) is 22.0 Å². The molecule has 1 aliphatic heterocycles. The van der Waals surface area contributed by atoms with Crippen molar-refractivity contribution in [3.8, 4) is 0 Å². The first-order valence-corrected chi connectivity index (χ1v) is 9.88. The number of nitrogens with one attached hydrogen (secondary N) is 1. The van der Waals surface area contributed by atoms with Crippen molar-refractivity contribution in [1.29, 1.82) is 0 Å². The molecule has 1 aromatic heterocycles. The molecule has 1 aliphatic rings. The summed E-state index contributed by atoms with van der Waals surface area (Å²) in [5, 5.41) is 2.48. The third kappa shape index (κ3) is 3.59. The lowest BCUT2D eigenvalue weighted by atomic mass is 10.2. The van der Waals surface area contributed by atoms with Gasteiger partial charge in [-0.3, -0.25) is 4.79 Å². The Bertz CT molecular complexity index is 1040. The molecular weight excluding hydrogens is 376 g/mol. The molecule has 0 fully saturated rings. The van der Waals surface area contributed by atoms with E-state index in [1.165, 1.54) is 16.8 Å². The number of halogens is 2. The van der Waals surface area contributed by atoms with E-state index in [1.807, 2.05) is 13.8 Å². The predicted octanol–water partition coefficient (Wildman–Crippen LogP) is 2.98. The van der Waals surface area contributed by atoms with Crippen LogP contribution < -0.4 is 5.32 Å². The molecule has 6 nitrogen and oxygen atoms in total. The number of aromatic nitrogens is 1. The van der Waals surface area contributed by atoms with Crippen LogP contribution in [0, 0.1) is 11.6 Å². The Morgan fingerprint density at radius 3 is 2.56 bits per heavy atom. The number of hydrogen-bond acceptors (Lipinski definition) is 4. The lowest BCUT2D eigenvalue weighted by Crippen LogP contribution is -2.30. The van der Waals surface area contributed by atoms with E-state index in [-0.39, 0.29) is 33.8 Å². The average molecular weight is 395 g/mol. The number of anilines is 1. The van der Waals surface area contributed by atoms with Crippen molar-refractivity contribution in [1.82, 2.24) is 9.47 Å². The summed E-state index contributed by atoms with van der Waals surface area (Å²) in [6.07, 6.45) is 4.61. The van der Waals surface area contributed by atoms with E-state index in [2.05, 4.69) is 5.32 Å². The van der Waals surface area contributed by atoms with Crippen LogP contribution in [0.5, 0.6) is 0 Å². The van der Waals surface area contributed by atoms with Gasteiger partial charge in [0.2, 0.25) is 0 Å². The summed E-state index contributed by atoms with van der Waals surface area (Å²) in [6.45, 7) is 3.74. The van der Waals surface area contributed by atoms with Crippen LogP contribution in [-0.4, -0.2) is 35.7 Å². The number of hydrogen-bond donors (Lipinski definition) is 1. The molecular formula is C18H19F2N3O3S.